The molecule has 0 radical (unpaired) electrons. The van der Waals surface area contributed by atoms with Crippen molar-refractivity contribution in [2.45, 2.75) is 45.4 Å². The third kappa shape index (κ3) is 5.55. The second-order valence-electron chi connectivity index (χ2n) is 8.13. The maximum atomic E-state index is 12.9. The van der Waals surface area contributed by atoms with Gasteiger partial charge in [0.15, 0.2) is 0 Å². The zero-order valence-corrected chi connectivity index (χ0v) is 17.2. The third-order valence-electron chi connectivity index (χ3n) is 5.81. The molecule has 2 aliphatic heterocycles. The molecular weight excluding hydrogens is 360 g/mol. The van der Waals surface area contributed by atoms with Gasteiger partial charge in [-0.15, -0.1) is 0 Å². The van der Waals surface area contributed by atoms with E-state index >= 15 is 0 Å². The Morgan fingerprint density at radius 2 is 1.81 bits per heavy atom. The predicted molar refractivity (Wildman–Crippen MR) is 108 cm³/mol. The van der Waals surface area contributed by atoms with E-state index in [-0.39, 0.29) is 17.6 Å². The highest BCUT2D eigenvalue weighted by Gasteiger charge is 2.34. The molecule has 5 nitrogen and oxygen atoms in total. The predicted octanol–water partition coefficient (Wildman–Crippen LogP) is 2.92. The summed E-state index contributed by atoms with van der Waals surface area (Å²) in [5, 5.41) is 0. The molecule has 2 aliphatic rings. The molecule has 27 heavy (non-hydrogen) atoms. The van der Waals surface area contributed by atoms with Gasteiger partial charge in [-0.1, -0.05) is 37.3 Å². The first-order valence-corrected chi connectivity index (χ1v) is 11.9. The summed E-state index contributed by atoms with van der Waals surface area (Å²) < 4.78 is 27.1. The van der Waals surface area contributed by atoms with E-state index in [1.165, 1.54) is 12.0 Å². The van der Waals surface area contributed by atoms with E-state index in [1.807, 2.05) is 35.2 Å². The number of amides is 1. The van der Waals surface area contributed by atoms with E-state index in [0.717, 1.165) is 38.8 Å². The van der Waals surface area contributed by atoms with Crippen molar-refractivity contribution in [2.24, 2.45) is 11.8 Å². The number of aryl methyl sites for hydroxylation is 1. The number of carbonyl (C=O) groups excluding carboxylic acids is 1. The topological polar surface area (TPSA) is 57.7 Å². The molecule has 0 saturated carbocycles. The normalized spacial score (nSPS) is 24.7. The Hall–Kier alpha value is -1.40. The minimum Gasteiger partial charge on any atom is -0.342 e. The van der Waals surface area contributed by atoms with Gasteiger partial charge in [0.1, 0.15) is 0 Å². The molecule has 1 aromatic rings. The number of sulfonamides is 1. The van der Waals surface area contributed by atoms with Crippen LogP contribution in [0.2, 0.25) is 0 Å². The van der Waals surface area contributed by atoms with Crippen molar-refractivity contribution in [3.8, 4) is 0 Å². The second kappa shape index (κ2) is 9.20. The van der Waals surface area contributed by atoms with Crippen LogP contribution >= 0.6 is 0 Å². The first-order chi connectivity index (χ1) is 13.0. The molecule has 2 heterocycles. The van der Waals surface area contributed by atoms with Gasteiger partial charge >= 0.3 is 0 Å². The summed E-state index contributed by atoms with van der Waals surface area (Å²) in [5.74, 6) is 0.687. The highest BCUT2D eigenvalue weighted by atomic mass is 32.2. The number of benzene rings is 1. The Bertz CT molecular complexity index is 720. The molecule has 1 amide bonds. The fourth-order valence-corrected chi connectivity index (χ4v) is 5.86. The number of nitrogens with zero attached hydrogens (tertiary/aromatic N) is 2. The van der Waals surface area contributed by atoms with Crippen LogP contribution in [0.5, 0.6) is 0 Å². The van der Waals surface area contributed by atoms with Crippen LogP contribution in [0, 0.1) is 11.8 Å². The van der Waals surface area contributed by atoms with Gasteiger partial charge in [0.25, 0.3) is 0 Å². The van der Waals surface area contributed by atoms with Gasteiger partial charge in [0.05, 0.1) is 11.7 Å². The lowest BCUT2D eigenvalue weighted by Crippen LogP contribution is -2.49. The van der Waals surface area contributed by atoms with Gasteiger partial charge in [0.2, 0.25) is 15.9 Å². The van der Waals surface area contributed by atoms with E-state index in [4.69, 9.17) is 0 Å². The van der Waals surface area contributed by atoms with E-state index in [0.29, 0.717) is 25.4 Å². The first-order valence-electron chi connectivity index (χ1n) is 10.3. The highest BCUT2D eigenvalue weighted by molar-refractivity contribution is 7.89. The summed E-state index contributed by atoms with van der Waals surface area (Å²) in [6.45, 7) is 4.73. The van der Waals surface area contributed by atoms with Crippen LogP contribution in [-0.2, 0) is 21.2 Å². The number of piperidine rings is 2. The molecule has 0 bridgehead atoms. The fourth-order valence-electron chi connectivity index (χ4n) is 4.28. The summed E-state index contributed by atoms with van der Waals surface area (Å²) in [7, 11) is -3.30. The molecule has 0 N–H and O–H groups in total. The van der Waals surface area contributed by atoms with Crippen molar-refractivity contribution in [2.75, 3.05) is 31.9 Å². The van der Waals surface area contributed by atoms with Crippen molar-refractivity contribution in [1.29, 1.82) is 0 Å². The minimum absolute atomic E-state index is 0.156. The lowest BCUT2D eigenvalue weighted by atomic mass is 9.94. The zero-order valence-electron chi connectivity index (χ0n) is 16.3. The summed E-state index contributed by atoms with van der Waals surface area (Å²) in [6, 6.07) is 9.98. The molecule has 0 spiro atoms. The highest BCUT2D eigenvalue weighted by Crippen LogP contribution is 2.24. The zero-order chi connectivity index (χ0) is 19.3. The van der Waals surface area contributed by atoms with Crippen LogP contribution in [0.4, 0.5) is 0 Å². The Kier molecular flexibility index (Phi) is 6.93. The number of rotatable bonds is 6. The van der Waals surface area contributed by atoms with Crippen LogP contribution in [0.1, 0.15) is 44.6 Å². The summed E-state index contributed by atoms with van der Waals surface area (Å²) in [4.78, 5) is 14.8. The lowest BCUT2D eigenvalue weighted by molar-refractivity contribution is -0.138. The van der Waals surface area contributed by atoms with Crippen molar-refractivity contribution in [1.82, 2.24) is 9.21 Å². The quantitative estimate of drug-likeness (QED) is 0.748. The maximum absolute atomic E-state index is 12.9. The van der Waals surface area contributed by atoms with Gasteiger partial charge in [-0.3, -0.25) is 4.79 Å². The van der Waals surface area contributed by atoms with Crippen LogP contribution in [-0.4, -0.2) is 55.5 Å². The molecule has 150 valence electrons. The molecule has 2 atom stereocenters. The van der Waals surface area contributed by atoms with E-state index < -0.39 is 10.0 Å². The van der Waals surface area contributed by atoms with Crippen molar-refractivity contribution in [3.05, 3.63) is 35.9 Å². The van der Waals surface area contributed by atoms with Crippen molar-refractivity contribution >= 4 is 15.9 Å². The monoisotopic (exact) mass is 392 g/mol. The number of likely N-dealkylation sites (tertiary alicyclic amines) is 1. The Balaban J connectivity index is 1.53. The van der Waals surface area contributed by atoms with E-state index in [1.54, 1.807) is 4.31 Å². The molecular formula is C21H32N2O3S. The molecule has 1 aromatic carbocycles. The SMILES string of the molecule is C[C@@H]1CCCN(C(=O)[C@@H]2CCCN(S(=O)(=O)CCCc3ccccc3)C2)C1. The molecule has 0 aromatic heterocycles. The second-order valence-corrected chi connectivity index (χ2v) is 10.2. The lowest BCUT2D eigenvalue weighted by Gasteiger charge is -2.37. The summed E-state index contributed by atoms with van der Waals surface area (Å²) in [5.41, 5.74) is 1.17. The van der Waals surface area contributed by atoms with Gasteiger partial charge in [-0.2, -0.15) is 0 Å². The minimum atomic E-state index is -3.30. The van der Waals surface area contributed by atoms with Gasteiger partial charge in [-0.25, -0.2) is 12.7 Å². The number of hydrogen-bond acceptors (Lipinski definition) is 3. The van der Waals surface area contributed by atoms with Crippen molar-refractivity contribution in [3.63, 3.8) is 0 Å². The fraction of sp³-hybridized carbons (Fsp3) is 0.667. The Labute approximate surface area is 163 Å². The van der Waals surface area contributed by atoms with Crippen LogP contribution in [0.15, 0.2) is 30.3 Å². The van der Waals surface area contributed by atoms with Crippen LogP contribution < -0.4 is 0 Å². The Morgan fingerprint density at radius 3 is 2.56 bits per heavy atom. The molecule has 3 rings (SSSR count). The summed E-state index contributed by atoms with van der Waals surface area (Å²) >= 11 is 0. The molecule has 0 unspecified atom stereocenters. The molecule has 2 fully saturated rings. The van der Waals surface area contributed by atoms with Crippen molar-refractivity contribution < 1.29 is 13.2 Å². The standard InChI is InChI=1S/C21H32N2O3S/c1-18-8-5-13-22(16-18)21(24)20-12-6-14-23(17-20)27(25,26)15-7-11-19-9-3-2-4-10-19/h2-4,9-10,18,20H,5-8,11-17H2,1H3/t18-,20-/m1/s1. The van der Waals surface area contributed by atoms with E-state index in [2.05, 4.69) is 6.92 Å². The smallest absolute Gasteiger partial charge is 0.227 e. The number of carbonyl (C=O) groups is 1. The average Bonchev–Trinajstić information content (AvgIpc) is 2.68. The largest absolute Gasteiger partial charge is 0.342 e. The molecule has 0 aliphatic carbocycles. The van der Waals surface area contributed by atoms with Crippen LogP contribution in [0.3, 0.4) is 0 Å². The maximum Gasteiger partial charge on any atom is 0.227 e. The first kappa shape index (κ1) is 20.3. The van der Waals surface area contributed by atoms with Gasteiger partial charge < -0.3 is 4.90 Å². The summed E-state index contributed by atoms with van der Waals surface area (Å²) in [6.07, 6.45) is 5.20. The molecule has 6 heteroatoms. The van der Waals surface area contributed by atoms with Crippen LogP contribution in [0.25, 0.3) is 0 Å². The molecule has 2 saturated heterocycles. The average molecular weight is 393 g/mol. The van der Waals surface area contributed by atoms with Gasteiger partial charge in [0, 0.05) is 26.2 Å². The number of hydrogen-bond donors (Lipinski definition) is 0. The van der Waals surface area contributed by atoms with E-state index in [9.17, 15) is 13.2 Å². The Morgan fingerprint density at radius 1 is 1.07 bits per heavy atom. The van der Waals surface area contributed by atoms with Gasteiger partial charge in [-0.05, 0) is 50.0 Å². The third-order valence-corrected chi connectivity index (χ3v) is 7.73.